The number of hydrogen-bond acceptors (Lipinski definition) is 5. The van der Waals surface area contributed by atoms with E-state index in [9.17, 15) is 0 Å². The Labute approximate surface area is 177 Å². The van der Waals surface area contributed by atoms with Crippen molar-refractivity contribution in [1.29, 1.82) is 0 Å². The van der Waals surface area contributed by atoms with Gasteiger partial charge in [0.1, 0.15) is 6.79 Å². The normalized spacial score (nSPS) is 9.47. The minimum atomic E-state index is 0.782. The molecule has 30 heavy (non-hydrogen) atoms. The highest BCUT2D eigenvalue weighted by Crippen LogP contribution is 2.22. The molecule has 0 radical (unpaired) electrons. The van der Waals surface area contributed by atoms with Gasteiger partial charge in [-0.1, -0.05) is 48.5 Å². The Bertz CT molecular complexity index is 852. The van der Waals surface area contributed by atoms with E-state index in [0.717, 1.165) is 45.0 Å². The Balaban J connectivity index is 0.000000197. The first kappa shape index (κ1) is 22.0. The van der Waals surface area contributed by atoms with Gasteiger partial charge in [0, 0.05) is 22.7 Å². The molecule has 0 saturated carbocycles. The van der Waals surface area contributed by atoms with Crippen molar-refractivity contribution in [3.63, 3.8) is 0 Å². The molecular formula is C25H26N4O. The summed E-state index contributed by atoms with van der Waals surface area (Å²) in [4.78, 5) is 8.00. The van der Waals surface area contributed by atoms with E-state index in [1.165, 1.54) is 0 Å². The summed E-state index contributed by atoms with van der Waals surface area (Å²) >= 11 is 0. The Kier molecular flexibility index (Phi) is 8.03. The average Bonchev–Trinajstić information content (AvgIpc) is 2.78. The van der Waals surface area contributed by atoms with Crippen LogP contribution in [-0.4, -0.2) is 6.79 Å². The van der Waals surface area contributed by atoms with Gasteiger partial charge in [-0.3, -0.25) is 0 Å². The van der Waals surface area contributed by atoms with Gasteiger partial charge in [0.25, 0.3) is 0 Å². The summed E-state index contributed by atoms with van der Waals surface area (Å²) in [6.45, 7) is 2.00. The van der Waals surface area contributed by atoms with Gasteiger partial charge >= 0.3 is 0 Å². The molecule has 4 aromatic carbocycles. The first-order valence-corrected chi connectivity index (χ1v) is 9.23. The Morgan fingerprint density at radius 1 is 0.333 bits per heavy atom. The molecule has 152 valence electrons. The number of carbonyl (C=O) groups is 1. The molecule has 0 aliphatic rings. The van der Waals surface area contributed by atoms with Crippen molar-refractivity contribution in [3.05, 3.63) is 97.1 Å². The minimum Gasteiger partial charge on any atom is -0.399 e. The predicted molar refractivity (Wildman–Crippen MR) is 129 cm³/mol. The Morgan fingerprint density at radius 3 is 0.600 bits per heavy atom. The molecule has 0 amide bonds. The molecule has 4 aromatic rings. The summed E-state index contributed by atoms with van der Waals surface area (Å²) in [6.07, 6.45) is 0. The van der Waals surface area contributed by atoms with Crippen LogP contribution in [0.15, 0.2) is 97.1 Å². The van der Waals surface area contributed by atoms with Gasteiger partial charge in [-0.05, 0) is 70.8 Å². The number of nitrogens with two attached hydrogens (primary N) is 4. The molecule has 0 saturated heterocycles. The van der Waals surface area contributed by atoms with Crippen LogP contribution >= 0.6 is 0 Å². The predicted octanol–water partition coefficient (Wildman–Crippen LogP) is 4.85. The molecule has 5 nitrogen and oxygen atoms in total. The number of nitrogen functional groups attached to an aromatic ring is 4. The van der Waals surface area contributed by atoms with Crippen LogP contribution in [0.1, 0.15) is 0 Å². The first-order valence-electron chi connectivity index (χ1n) is 9.23. The highest BCUT2D eigenvalue weighted by molar-refractivity contribution is 5.68. The highest BCUT2D eigenvalue weighted by atomic mass is 16.1. The molecule has 0 fully saturated rings. The molecule has 4 rings (SSSR count). The second-order valence-electron chi connectivity index (χ2n) is 6.49. The lowest BCUT2D eigenvalue weighted by Crippen LogP contribution is -1.85. The Morgan fingerprint density at radius 2 is 0.467 bits per heavy atom. The quantitative estimate of drug-likeness (QED) is 0.360. The van der Waals surface area contributed by atoms with E-state index >= 15 is 0 Å². The van der Waals surface area contributed by atoms with E-state index in [0.29, 0.717) is 0 Å². The summed E-state index contributed by atoms with van der Waals surface area (Å²) in [5.41, 5.74) is 30.2. The molecule has 0 spiro atoms. The molecule has 0 unspecified atom stereocenters. The van der Waals surface area contributed by atoms with Gasteiger partial charge in [0.15, 0.2) is 0 Å². The second kappa shape index (κ2) is 10.9. The van der Waals surface area contributed by atoms with Crippen LogP contribution in [0, 0.1) is 0 Å². The standard InChI is InChI=1S/2C12H12N2.CH2O/c2*13-11-5-1-9(2-6-11)10-3-7-12(14)8-4-10;1-2/h2*1-8H,13-14H2;1H2. The van der Waals surface area contributed by atoms with Gasteiger partial charge in [-0.15, -0.1) is 0 Å². The second-order valence-corrected chi connectivity index (χ2v) is 6.49. The van der Waals surface area contributed by atoms with Crippen LogP contribution in [0.5, 0.6) is 0 Å². The van der Waals surface area contributed by atoms with Crippen molar-refractivity contribution in [2.24, 2.45) is 0 Å². The summed E-state index contributed by atoms with van der Waals surface area (Å²) in [7, 11) is 0. The number of carbonyl (C=O) groups excluding carboxylic acids is 1. The molecule has 0 bridgehead atoms. The van der Waals surface area contributed by atoms with Gasteiger partial charge in [-0.2, -0.15) is 0 Å². The van der Waals surface area contributed by atoms with Crippen molar-refractivity contribution in [2.75, 3.05) is 22.9 Å². The minimum absolute atomic E-state index is 0.782. The number of benzene rings is 4. The average molecular weight is 399 g/mol. The maximum Gasteiger partial charge on any atom is 0.106 e. The number of anilines is 4. The largest absolute Gasteiger partial charge is 0.399 e. The third-order valence-corrected chi connectivity index (χ3v) is 4.31. The Hall–Kier alpha value is -4.25. The van der Waals surface area contributed by atoms with Crippen LogP contribution in [0.25, 0.3) is 22.3 Å². The van der Waals surface area contributed by atoms with Gasteiger partial charge < -0.3 is 27.7 Å². The van der Waals surface area contributed by atoms with Crippen molar-refractivity contribution < 1.29 is 4.79 Å². The summed E-state index contributed by atoms with van der Waals surface area (Å²) in [5.74, 6) is 0. The van der Waals surface area contributed by atoms with Crippen LogP contribution in [0.4, 0.5) is 22.7 Å². The van der Waals surface area contributed by atoms with E-state index in [-0.39, 0.29) is 0 Å². The smallest absolute Gasteiger partial charge is 0.106 e. The van der Waals surface area contributed by atoms with Crippen molar-refractivity contribution >= 4 is 29.5 Å². The van der Waals surface area contributed by atoms with Crippen molar-refractivity contribution in [1.82, 2.24) is 0 Å². The van der Waals surface area contributed by atoms with Crippen LogP contribution in [-0.2, 0) is 4.79 Å². The van der Waals surface area contributed by atoms with Crippen LogP contribution in [0.2, 0.25) is 0 Å². The summed E-state index contributed by atoms with van der Waals surface area (Å²) in [5, 5.41) is 0. The zero-order valence-electron chi connectivity index (χ0n) is 16.7. The third kappa shape index (κ3) is 6.42. The molecule has 0 atom stereocenters. The fraction of sp³-hybridized carbons (Fsp3) is 0. The summed E-state index contributed by atoms with van der Waals surface area (Å²) in [6, 6.07) is 31.2. The zero-order chi connectivity index (χ0) is 21.9. The van der Waals surface area contributed by atoms with Gasteiger partial charge in [0.05, 0.1) is 0 Å². The van der Waals surface area contributed by atoms with Crippen LogP contribution < -0.4 is 22.9 Å². The van der Waals surface area contributed by atoms with E-state index in [2.05, 4.69) is 0 Å². The monoisotopic (exact) mass is 398 g/mol. The highest BCUT2D eigenvalue weighted by Gasteiger charge is 1.97. The van der Waals surface area contributed by atoms with E-state index < -0.39 is 0 Å². The topological polar surface area (TPSA) is 121 Å². The number of rotatable bonds is 2. The summed E-state index contributed by atoms with van der Waals surface area (Å²) < 4.78 is 0. The van der Waals surface area contributed by atoms with E-state index in [1.807, 2.05) is 104 Å². The van der Waals surface area contributed by atoms with Crippen molar-refractivity contribution in [3.8, 4) is 22.3 Å². The SMILES string of the molecule is C=O.Nc1ccc(-c2ccc(N)cc2)cc1.Nc1ccc(-c2ccc(N)cc2)cc1. The van der Waals surface area contributed by atoms with E-state index in [1.54, 1.807) is 0 Å². The number of hydrogen-bond donors (Lipinski definition) is 4. The fourth-order valence-electron chi connectivity index (χ4n) is 2.70. The van der Waals surface area contributed by atoms with Crippen molar-refractivity contribution in [2.45, 2.75) is 0 Å². The lowest BCUT2D eigenvalue weighted by atomic mass is 10.1. The molecule has 8 N–H and O–H groups in total. The molecular weight excluding hydrogens is 372 g/mol. The molecule has 5 heteroatoms. The lowest BCUT2D eigenvalue weighted by molar-refractivity contribution is -0.0979. The maximum absolute atomic E-state index is 8.00. The molecule has 0 heterocycles. The first-order chi connectivity index (χ1) is 14.5. The zero-order valence-corrected chi connectivity index (χ0v) is 16.7. The third-order valence-electron chi connectivity index (χ3n) is 4.31. The molecule has 0 aliphatic carbocycles. The van der Waals surface area contributed by atoms with Gasteiger partial charge in [0.2, 0.25) is 0 Å². The van der Waals surface area contributed by atoms with Gasteiger partial charge in [-0.25, -0.2) is 0 Å². The molecule has 0 aromatic heterocycles. The lowest BCUT2D eigenvalue weighted by Gasteiger charge is -2.02. The van der Waals surface area contributed by atoms with Crippen LogP contribution in [0.3, 0.4) is 0 Å². The molecule has 0 aliphatic heterocycles. The van der Waals surface area contributed by atoms with E-state index in [4.69, 9.17) is 27.7 Å². The maximum atomic E-state index is 8.00. The fourth-order valence-corrected chi connectivity index (χ4v) is 2.70.